The Labute approximate surface area is 651 Å². The maximum absolute atomic E-state index is 12.0. The summed E-state index contributed by atoms with van der Waals surface area (Å²) in [5.74, 6) is -7.79. The number of ketones is 5. The minimum absolute atomic E-state index is 0.00435. The van der Waals surface area contributed by atoms with Gasteiger partial charge in [-0.15, -0.1) is 0 Å². The van der Waals surface area contributed by atoms with E-state index in [0.29, 0.717) is 60.5 Å². The molecule has 30 heteroatoms. The monoisotopic (exact) mass is 1570 g/mol. The first-order chi connectivity index (χ1) is 53.5. The molecule has 0 fully saturated rings. The lowest BCUT2D eigenvalue weighted by Gasteiger charge is -2.11. The highest BCUT2D eigenvalue weighted by Crippen LogP contribution is 2.31. The van der Waals surface area contributed by atoms with E-state index < -0.39 is 53.7 Å². The Hall–Kier alpha value is -13.4. The summed E-state index contributed by atoms with van der Waals surface area (Å²) < 4.78 is 35.2. The van der Waals surface area contributed by atoms with Gasteiger partial charge in [-0.25, -0.2) is 0 Å². The van der Waals surface area contributed by atoms with Crippen LogP contribution in [0.15, 0.2) is 140 Å². The lowest BCUT2D eigenvalue weighted by atomic mass is 10.1. The average Bonchev–Trinajstić information content (AvgIpc) is 0.845. The van der Waals surface area contributed by atoms with E-state index in [-0.39, 0.29) is 166 Å². The molecule has 604 valence electrons. The molecule has 0 amide bonds. The number of carbonyl (C=O) groups is 17. The fraction of sp³-hybridized carbons (Fsp3) is 0.313. The van der Waals surface area contributed by atoms with Gasteiger partial charge in [0.1, 0.15) is 17.2 Å². The first-order valence-electron chi connectivity index (χ1n) is 35.1. The molecule has 0 aliphatic heterocycles. The van der Waals surface area contributed by atoms with E-state index in [1.54, 1.807) is 103 Å². The van der Waals surface area contributed by atoms with E-state index in [0.717, 1.165) is 16.7 Å². The van der Waals surface area contributed by atoms with Crippen molar-refractivity contribution in [3.05, 3.63) is 167 Å². The highest BCUT2D eigenvalue weighted by molar-refractivity contribution is 5.94. The van der Waals surface area contributed by atoms with E-state index in [1.165, 1.54) is 109 Å². The summed E-state index contributed by atoms with van der Waals surface area (Å²) in [6.07, 6.45) is 17.9. The Morgan fingerprint density at radius 2 is 0.478 bits per heavy atom. The molecule has 0 aliphatic rings. The Morgan fingerprint density at radius 3 is 0.761 bits per heavy atom. The van der Waals surface area contributed by atoms with Crippen LogP contribution >= 0.6 is 0 Å². The number of hydrogen-bond acceptors (Lipinski definition) is 25. The van der Waals surface area contributed by atoms with Gasteiger partial charge in [0.15, 0.2) is 51.9 Å². The molecule has 0 unspecified atom stereocenters. The number of unbranched alkanes of at least 4 members (excludes halogenated alkanes) is 2. The molecule has 0 saturated carbocycles. The molecule has 0 bridgehead atoms. The first-order valence-corrected chi connectivity index (χ1v) is 35.1. The zero-order valence-corrected chi connectivity index (χ0v) is 63.3. The molecule has 5 aromatic carbocycles. The number of aromatic hydroxyl groups is 1. The SMILES string of the molecule is CC(=O)/C=C/c1ccc(OC(=O)CCCC(=O)O)c(O)c1.CC(=O)/C=C/c1ccc(OC(=O)CCCC(=O)O)c(OC(=O)CCCC(=O)O)c1.CC(=O)/C=C/c1ccc(OC(=O)CCCC(=O)O)cc1.CC(=O)/C=C/c1ccc(OC(=O)CCCCC(=O)O)cc1.COC(=O)CCCCC(=O)Oc1ccc(/C=C/C(C)=O)cc1. The Balaban J connectivity index is 0.000000711. The second kappa shape index (κ2) is 56.8. The van der Waals surface area contributed by atoms with Crippen LogP contribution in [0.1, 0.15) is 191 Å². The summed E-state index contributed by atoms with van der Waals surface area (Å²) in [6.45, 7) is 7.18. The average molecular weight is 1570 g/mol. The molecule has 0 heterocycles. The quantitative estimate of drug-likeness (QED) is 0.00914. The van der Waals surface area contributed by atoms with Gasteiger partial charge in [-0.1, -0.05) is 78.9 Å². The minimum Gasteiger partial charge on any atom is -0.504 e. The third-order valence-corrected chi connectivity index (χ3v) is 13.9. The lowest BCUT2D eigenvalue weighted by molar-refractivity contribution is -0.141. The smallest absolute Gasteiger partial charge is 0.311 e. The van der Waals surface area contributed by atoms with Gasteiger partial charge in [-0.2, -0.15) is 0 Å². The number of benzene rings is 5. The van der Waals surface area contributed by atoms with E-state index in [2.05, 4.69) is 4.74 Å². The second-order valence-corrected chi connectivity index (χ2v) is 24.1. The van der Waals surface area contributed by atoms with Gasteiger partial charge >= 0.3 is 71.6 Å². The number of carboxylic acids is 5. The molecule has 5 rings (SSSR count). The standard InChI is InChI=1S/C20H22O9.C17H20O5.C16H18O5.C15H16O6.C15H16O5/c1-13(21)8-9-14-10-11-15(28-19(26)6-2-4-17(22)23)16(12-14)29-20(27)7-3-5-18(24)25;1-13(18)7-8-14-9-11-15(12-10-14)22-17(20)6-4-3-5-16(19)21-2;1-12(17)6-7-13-8-10-14(11-9-13)21-16(20)5-3-2-4-15(18)19;1-10(16)5-6-11-7-8-13(12(17)9-11)21-15(20)4-2-3-14(18)19;1-11(16)5-6-12-7-9-13(10-8-12)20-15(19)4-2-3-14(17)18/h8-12H,2-7H2,1H3,(H,22,23)(H,24,25);7-12H,3-6H2,1-2H3;6-11H,2-5H2,1H3,(H,18,19);5-9,17H,2-4H2,1H3,(H,18,19);5-10H,2-4H2,1H3,(H,17,18)/b9-8+;8-7+;7-6+;2*6-5+. The Bertz CT molecular complexity index is 4210. The number of methoxy groups -OCH3 is 1. The molecular weight excluding hydrogens is 1480 g/mol. The van der Waals surface area contributed by atoms with E-state index >= 15 is 0 Å². The van der Waals surface area contributed by atoms with Crippen molar-refractivity contribution in [2.24, 2.45) is 0 Å². The summed E-state index contributed by atoms with van der Waals surface area (Å²) in [7, 11) is 1.34. The van der Waals surface area contributed by atoms with Crippen molar-refractivity contribution >= 4 is 131 Å². The third kappa shape index (κ3) is 53.1. The highest BCUT2D eigenvalue weighted by Gasteiger charge is 2.17. The van der Waals surface area contributed by atoms with Crippen molar-refractivity contribution in [1.82, 2.24) is 0 Å². The van der Waals surface area contributed by atoms with Crippen LogP contribution in [0.4, 0.5) is 0 Å². The molecule has 30 nitrogen and oxygen atoms in total. The maximum Gasteiger partial charge on any atom is 0.311 e. The van der Waals surface area contributed by atoms with Gasteiger partial charge in [-0.3, -0.25) is 81.5 Å². The van der Waals surface area contributed by atoms with Gasteiger partial charge in [0.05, 0.1) is 7.11 Å². The molecule has 0 spiro atoms. The van der Waals surface area contributed by atoms with Crippen molar-refractivity contribution in [2.45, 2.75) is 163 Å². The molecule has 0 saturated heterocycles. The minimum atomic E-state index is -1.04. The molecule has 0 radical (unpaired) electrons. The Kier molecular flexibility index (Phi) is 49.0. The topological polar surface area (TPSA) is 476 Å². The number of ether oxygens (including phenoxy) is 7. The fourth-order valence-corrected chi connectivity index (χ4v) is 8.32. The predicted molar refractivity (Wildman–Crippen MR) is 409 cm³/mol. The summed E-state index contributed by atoms with van der Waals surface area (Å²) in [5.41, 5.74) is 3.62. The van der Waals surface area contributed by atoms with E-state index in [9.17, 15) is 86.6 Å². The summed E-state index contributed by atoms with van der Waals surface area (Å²) in [5, 5.41) is 52.3. The molecule has 0 aliphatic carbocycles. The number of carbonyl (C=O) groups excluding carboxylic acids is 12. The zero-order chi connectivity index (χ0) is 84.6. The van der Waals surface area contributed by atoms with Crippen LogP contribution in [-0.2, 0) is 86.2 Å². The number of hydrogen-bond donors (Lipinski definition) is 6. The molecular formula is C83H92O30. The number of phenols is 1. The Morgan fingerprint density at radius 1 is 0.257 bits per heavy atom. The van der Waals surface area contributed by atoms with Crippen molar-refractivity contribution in [3.8, 4) is 40.2 Å². The van der Waals surface area contributed by atoms with Crippen LogP contribution in [0.5, 0.6) is 40.2 Å². The van der Waals surface area contributed by atoms with Crippen LogP contribution in [0.3, 0.4) is 0 Å². The van der Waals surface area contributed by atoms with Crippen molar-refractivity contribution in [3.63, 3.8) is 0 Å². The van der Waals surface area contributed by atoms with Crippen LogP contribution < -0.4 is 28.4 Å². The van der Waals surface area contributed by atoms with Crippen LogP contribution in [0, 0.1) is 0 Å². The molecule has 6 N–H and O–H groups in total. The highest BCUT2D eigenvalue weighted by atomic mass is 16.6. The number of carboxylic acid groups (broad SMARTS) is 5. The molecule has 0 aromatic heterocycles. The number of rotatable bonds is 42. The normalized spacial score (nSPS) is 10.5. The summed E-state index contributed by atoms with van der Waals surface area (Å²) in [6, 6.07) is 29.0. The second-order valence-electron chi connectivity index (χ2n) is 24.1. The molecule has 5 aromatic rings. The zero-order valence-electron chi connectivity index (χ0n) is 63.3. The largest absolute Gasteiger partial charge is 0.504 e. The first kappa shape index (κ1) is 97.6. The number of esters is 7. The van der Waals surface area contributed by atoms with Crippen LogP contribution in [0.25, 0.3) is 30.4 Å². The predicted octanol–water partition coefficient (Wildman–Crippen LogP) is 13.0. The van der Waals surface area contributed by atoms with Gasteiger partial charge < -0.3 is 63.8 Å². The summed E-state index contributed by atoms with van der Waals surface area (Å²) >= 11 is 0. The van der Waals surface area contributed by atoms with Crippen LogP contribution in [-0.4, -0.2) is 138 Å². The molecule has 0 atom stereocenters. The molecule has 113 heavy (non-hydrogen) atoms. The van der Waals surface area contributed by atoms with Gasteiger partial charge in [0, 0.05) is 77.0 Å². The van der Waals surface area contributed by atoms with E-state index in [4.69, 9.17) is 54.0 Å². The number of aliphatic carboxylic acids is 5. The van der Waals surface area contributed by atoms with Gasteiger partial charge in [-0.05, 0) is 205 Å². The van der Waals surface area contributed by atoms with Crippen molar-refractivity contribution < 1.29 is 145 Å². The lowest BCUT2D eigenvalue weighted by Crippen LogP contribution is -2.13. The van der Waals surface area contributed by atoms with Crippen LogP contribution in [0.2, 0.25) is 0 Å². The van der Waals surface area contributed by atoms with Gasteiger partial charge in [0.2, 0.25) is 0 Å². The van der Waals surface area contributed by atoms with Gasteiger partial charge in [0.25, 0.3) is 0 Å². The van der Waals surface area contributed by atoms with Crippen molar-refractivity contribution in [1.29, 1.82) is 0 Å². The van der Waals surface area contributed by atoms with Crippen molar-refractivity contribution in [2.75, 3.05) is 7.11 Å². The fourth-order valence-electron chi connectivity index (χ4n) is 8.32. The maximum atomic E-state index is 12.0. The third-order valence-electron chi connectivity index (χ3n) is 13.9. The number of allylic oxidation sites excluding steroid dienone is 5. The number of phenolic OH excluding ortho intramolecular Hbond substituents is 1. The summed E-state index contributed by atoms with van der Waals surface area (Å²) in [4.78, 5) is 187. The van der Waals surface area contributed by atoms with E-state index in [1.807, 2.05) is 0 Å².